The summed E-state index contributed by atoms with van der Waals surface area (Å²) < 4.78 is 0. The molecule has 0 unspecified atom stereocenters. The number of nitrogens with zero attached hydrogens (tertiary/aromatic N) is 1. The maximum atomic E-state index is 12.5. The monoisotopic (exact) mass is 261 g/mol. The molecule has 1 amide bonds. The van der Waals surface area contributed by atoms with Crippen LogP contribution in [-0.2, 0) is 0 Å². The number of hydrogen-bond donors (Lipinski definition) is 0. The van der Waals surface area contributed by atoms with Crippen LogP contribution in [0.3, 0.4) is 0 Å². The maximum Gasteiger partial charge on any atom is 0.253 e. The summed E-state index contributed by atoms with van der Waals surface area (Å²) >= 11 is 0. The van der Waals surface area contributed by atoms with E-state index in [1.807, 2.05) is 24.0 Å². The highest BCUT2D eigenvalue weighted by Gasteiger charge is 2.15. The summed E-state index contributed by atoms with van der Waals surface area (Å²) in [5, 5.41) is 0. The van der Waals surface area contributed by atoms with E-state index in [0.29, 0.717) is 11.1 Å². The summed E-state index contributed by atoms with van der Waals surface area (Å²) in [5.41, 5.74) is 2.17. The zero-order valence-electron chi connectivity index (χ0n) is 12.3. The predicted octanol–water partition coefficient (Wildman–Crippen LogP) is 3.46. The largest absolute Gasteiger partial charge is 0.339 e. The van der Waals surface area contributed by atoms with E-state index in [1.54, 1.807) is 6.07 Å². The number of ketones is 1. The topological polar surface area (TPSA) is 37.4 Å². The Morgan fingerprint density at radius 2 is 1.53 bits per heavy atom. The molecule has 0 N–H and O–H groups in total. The van der Waals surface area contributed by atoms with Gasteiger partial charge in [-0.25, -0.2) is 0 Å². The highest BCUT2D eigenvalue weighted by atomic mass is 16.2. The van der Waals surface area contributed by atoms with Crippen LogP contribution >= 0.6 is 0 Å². The summed E-state index contributed by atoms with van der Waals surface area (Å²) in [5.74, 6) is 0.0187. The molecule has 0 aliphatic carbocycles. The fraction of sp³-hybridized carbons (Fsp3) is 0.500. The zero-order valence-corrected chi connectivity index (χ0v) is 12.3. The molecule has 19 heavy (non-hydrogen) atoms. The van der Waals surface area contributed by atoms with Gasteiger partial charge in [0.25, 0.3) is 5.91 Å². The van der Waals surface area contributed by atoms with Crippen molar-refractivity contribution in [1.82, 2.24) is 4.90 Å². The lowest BCUT2D eigenvalue weighted by Gasteiger charge is -2.22. The van der Waals surface area contributed by atoms with Crippen molar-refractivity contribution >= 4 is 11.7 Å². The molecule has 3 nitrogen and oxygen atoms in total. The van der Waals surface area contributed by atoms with Gasteiger partial charge < -0.3 is 4.90 Å². The van der Waals surface area contributed by atoms with Gasteiger partial charge in [-0.3, -0.25) is 9.59 Å². The second-order valence-corrected chi connectivity index (χ2v) is 4.94. The van der Waals surface area contributed by atoms with Crippen LogP contribution in [0.1, 0.15) is 59.9 Å². The highest BCUT2D eigenvalue weighted by molar-refractivity contribution is 6.00. The molecule has 0 radical (unpaired) electrons. The molecule has 1 aromatic carbocycles. The van der Waals surface area contributed by atoms with Crippen molar-refractivity contribution in [2.75, 3.05) is 13.1 Å². The Hall–Kier alpha value is -1.64. The van der Waals surface area contributed by atoms with Gasteiger partial charge in [0.2, 0.25) is 0 Å². The smallest absolute Gasteiger partial charge is 0.253 e. The molecule has 0 saturated heterocycles. The third kappa shape index (κ3) is 4.19. The number of aryl methyl sites for hydroxylation is 1. The quantitative estimate of drug-likeness (QED) is 0.735. The number of carbonyl (C=O) groups is 2. The standard InChI is InChI=1S/C16H23NO2/c1-5-7-17(8-6-2)16(19)15-10-12(3)9-14(11-15)13(4)18/h9-11H,5-8H2,1-4H3. The Labute approximate surface area is 115 Å². The van der Waals surface area contributed by atoms with Crippen molar-refractivity contribution in [2.45, 2.75) is 40.5 Å². The Kier molecular flexibility index (Phi) is 5.74. The predicted molar refractivity (Wildman–Crippen MR) is 77.7 cm³/mol. The molecular weight excluding hydrogens is 238 g/mol. The average Bonchev–Trinajstić information content (AvgIpc) is 2.37. The number of benzene rings is 1. The van der Waals surface area contributed by atoms with E-state index in [2.05, 4.69) is 13.8 Å². The first-order valence-electron chi connectivity index (χ1n) is 6.91. The number of rotatable bonds is 6. The van der Waals surface area contributed by atoms with E-state index in [-0.39, 0.29) is 11.7 Å². The van der Waals surface area contributed by atoms with Crippen molar-refractivity contribution in [2.24, 2.45) is 0 Å². The second kappa shape index (κ2) is 7.07. The minimum absolute atomic E-state index is 0.00437. The van der Waals surface area contributed by atoms with Gasteiger partial charge in [0.05, 0.1) is 0 Å². The molecule has 1 rings (SSSR count). The molecule has 0 aromatic heterocycles. The van der Waals surface area contributed by atoms with Crippen molar-refractivity contribution in [3.63, 3.8) is 0 Å². The number of Topliss-reactive ketones (excluding diaryl/α,β-unsaturated/α-hetero) is 1. The van der Waals surface area contributed by atoms with E-state index < -0.39 is 0 Å². The Bertz CT molecular complexity index is 460. The first kappa shape index (κ1) is 15.4. The van der Waals surface area contributed by atoms with E-state index in [9.17, 15) is 9.59 Å². The third-order valence-electron chi connectivity index (χ3n) is 3.01. The Balaban J connectivity index is 3.06. The van der Waals surface area contributed by atoms with Crippen LogP contribution in [0, 0.1) is 6.92 Å². The van der Waals surface area contributed by atoms with Crippen molar-refractivity contribution in [3.8, 4) is 0 Å². The van der Waals surface area contributed by atoms with Crippen LogP contribution in [0.25, 0.3) is 0 Å². The first-order chi connectivity index (χ1) is 8.99. The molecule has 0 atom stereocenters. The second-order valence-electron chi connectivity index (χ2n) is 4.94. The maximum absolute atomic E-state index is 12.5. The minimum atomic E-state index is -0.00437. The fourth-order valence-electron chi connectivity index (χ4n) is 2.15. The molecule has 0 heterocycles. The zero-order chi connectivity index (χ0) is 14.4. The van der Waals surface area contributed by atoms with Gasteiger partial charge in [-0.2, -0.15) is 0 Å². The van der Waals surface area contributed by atoms with Gasteiger partial charge in [-0.1, -0.05) is 13.8 Å². The van der Waals surface area contributed by atoms with Crippen molar-refractivity contribution in [3.05, 3.63) is 34.9 Å². The molecule has 3 heteroatoms. The number of hydrogen-bond acceptors (Lipinski definition) is 2. The molecule has 0 aliphatic heterocycles. The Morgan fingerprint density at radius 3 is 2.00 bits per heavy atom. The summed E-state index contributed by atoms with van der Waals surface area (Å²) in [7, 11) is 0. The van der Waals surface area contributed by atoms with Gasteiger partial charge in [0.15, 0.2) is 5.78 Å². The van der Waals surface area contributed by atoms with Gasteiger partial charge in [-0.15, -0.1) is 0 Å². The lowest BCUT2D eigenvalue weighted by Crippen LogP contribution is -2.32. The van der Waals surface area contributed by atoms with Gasteiger partial charge >= 0.3 is 0 Å². The molecule has 104 valence electrons. The highest BCUT2D eigenvalue weighted by Crippen LogP contribution is 2.13. The first-order valence-corrected chi connectivity index (χ1v) is 6.91. The molecule has 0 spiro atoms. The average molecular weight is 261 g/mol. The molecule has 0 saturated carbocycles. The molecule has 0 fully saturated rings. The third-order valence-corrected chi connectivity index (χ3v) is 3.01. The molecule has 0 aliphatic rings. The van der Waals surface area contributed by atoms with Crippen LogP contribution in [0.5, 0.6) is 0 Å². The van der Waals surface area contributed by atoms with Crippen molar-refractivity contribution < 1.29 is 9.59 Å². The summed E-state index contributed by atoms with van der Waals surface area (Å²) in [6, 6.07) is 5.38. The van der Waals surface area contributed by atoms with E-state index >= 15 is 0 Å². The number of carbonyl (C=O) groups excluding carboxylic acids is 2. The molecular formula is C16H23NO2. The van der Waals surface area contributed by atoms with Crippen LogP contribution in [0.15, 0.2) is 18.2 Å². The summed E-state index contributed by atoms with van der Waals surface area (Å²) in [6.07, 6.45) is 1.88. The van der Waals surface area contributed by atoms with E-state index in [0.717, 1.165) is 31.5 Å². The van der Waals surface area contributed by atoms with Crippen molar-refractivity contribution in [1.29, 1.82) is 0 Å². The molecule has 1 aromatic rings. The lowest BCUT2D eigenvalue weighted by molar-refractivity contribution is 0.0755. The van der Waals surface area contributed by atoms with Gasteiger partial charge in [-0.05, 0) is 50.5 Å². The van der Waals surface area contributed by atoms with Crippen LogP contribution in [0.4, 0.5) is 0 Å². The van der Waals surface area contributed by atoms with E-state index in [4.69, 9.17) is 0 Å². The normalized spacial score (nSPS) is 10.3. The minimum Gasteiger partial charge on any atom is -0.339 e. The van der Waals surface area contributed by atoms with Gasteiger partial charge in [0, 0.05) is 24.2 Å². The fourth-order valence-corrected chi connectivity index (χ4v) is 2.15. The number of amides is 1. The summed E-state index contributed by atoms with van der Waals surface area (Å²) in [4.78, 5) is 25.8. The SMILES string of the molecule is CCCN(CCC)C(=O)c1cc(C)cc(C(C)=O)c1. The van der Waals surface area contributed by atoms with Crippen LogP contribution in [-0.4, -0.2) is 29.7 Å². The lowest BCUT2D eigenvalue weighted by atomic mass is 10.0. The van der Waals surface area contributed by atoms with E-state index in [1.165, 1.54) is 6.92 Å². The van der Waals surface area contributed by atoms with Crippen LogP contribution in [0.2, 0.25) is 0 Å². The van der Waals surface area contributed by atoms with Crippen LogP contribution < -0.4 is 0 Å². The summed E-state index contributed by atoms with van der Waals surface area (Å²) in [6.45, 7) is 9.08. The van der Waals surface area contributed by atoms with Gasteiger partial charge in [0.1, 0.15) is 0 Å². The Morgan fingerprint density at radius 1 is 1.00 bits per heavy atom. The molecule has 0 bridgehead atoms.